The number of carbonyl (C=O) groups excluding carboxylic acids is 2. The number of nitrogens with one attached hydrogen (secondary N) is 2. The summed E-state index contributed by atoms with van der Waals surface area (Å²) < 4.78 is 19.0. The summed E-state index contributed by atoms with van der Waals surface area (Å²) in [6.45, 7) is 0. The van der Waals surface area contributed by atoms with Crippen LogP contribution < -0.4 is 15.4 Å². The summed E-state index contributed by atoms with van der Waals surface area (Å²) in [7, 11) is 0. The molecular weight excluding hydrogens is 465 g/mol. The average Bonchev–Trinajstić information content (AvgIpc) is 3.69. The molecule has 3 aromatic carbocycles. The van der Waals surface area contributed by atoms with E-state index in [1.54, 1.807) is 42.6 Å². The van der Waals surface area contributed by atoms with Crippen LogP contribution in [-0.2, 0) is 9.59 Å². The minimum Gasteiger partial charge on any atom is -0.478 e. The number of carbonyl (C=O) groups is 3. The van der Waals surface area contributed by atoms with Gasteiger partial charge in [0.15, 0.2) is 0 Å². The number of amides is 2. The van der Waals surface area contributed by atoms with Gasteiger partial charge in [-0.25, -0.2) is 9.18 Å². The van der Waals surface area contributed by atoms with Gasteiger partial charge in [0.05, 0.1) is 11.1 Å². The number of carboxylic acid groups (broad SMARTS) is 1. The second kappa shape index (κ2) is 9.10. The van der Waals surface area contributed by atoms with Crippen LogP contribution in [0.4, 0.5) is 15.8 Å². The zero-order valence-electron chi connectivity index (χ0n) is 18.8. The number of rotatable bonds is 7. The number of nitrogens with zero attached hydrogens (tertiary/aromatic N) is 1. The lowest BCUT2D eigenvalue weighted by atomic mass is 10.0. The summed E-state index contributed by atoms with van der Waals surface area (Å²) in [5.74, 6) is -1.41. The Balaban J connectivity index is 1.27. The van der Waals surface area contributed by atoms with Crippen LogP contribution in [0.1, 0.15) is 23.2 Å². The normalized spacial score (nSPS) is 13.6. The van der Waals surface area contributed by atoms with E-state index in [1.807, 2.05) is 0 Å². The second-order valence-electron chi connectivity index (χ2n) is 8.47. The molecular formula is C27H20FN3O5. The predicted octanol–water partition coefficient (Wildman–Crippen LogP) is 5.22. The molecule has 0 bridgehead atoms. The molecule has 1 aromatic heterocycles. The Morgan fingerprint density at radius 3 is 2.06 bits per heavy atom. The lowest BCUT2D eigenvalue weighted by Crippen LogP contribution is -2.35. The van der Waals surface area contributed by atoms with Crippen molar-refractivity contribution in [2.45, 2.75) is 12.8 Å². The third-order valence-corrected chi connectivity index (χ3v) is 6.01. The summed E-state index contributed by atoms with van der Waals surface area (Å²) >= 11 is 0. The topological polar surface area (TPSA) is 118 Å². The third-order valence-electron chi connectivity index (χ3n) is 6.01. The first-order valence-electron chi connectivity index (χ1n) is 11.1. The van der Waals surface area contributed by atoms with Crippen molar-refractivity contribution < 1.29 is 28.6 Å². The van der Waals surface area contributed by atoms with Crippen molar-refractivity contribution in [3.05, 3.63) is 90.4 Å². The molecule has 0 spiro atoms. The molecule has 180 valence electrons. The van der Waals surface area contributed by atoms with Crippen LogP contribution in [0, 0.1) is 11.2 Å². The molecule has 1 fully saturated rings. The van der Waals surface area contributed by atoms with Gasteiger partial charge in [-0.05, 0) is 85.6 Å². The summed E-state index contributed by atoms with van der Waals surface area (Å²) in [6.07, 6.45) is 2.40. The van der Waals surface area contributed by atoms with Gasteiger partial charge in [0.25, 0.3) is 0 Å². The lowest BCUT2D eigenvalue weighted by molar-refractivity contribution is -0.131. The van der Waals surface area contributed by atoms with Crippen molar-refractivity contribution in [1.29, 1.82) is 0 Å². The summed E-state index contributed by atoms with van der Waals surface area (Å²) in [5.41, 5.74) is 0.453. The van der Waals surface area contributed by atoms with Crippen LogP contribution in [0.3, 0.4) is 0 Å². The van der Waals surface area contributed by atoms with Crippen LogP contribution >= 0.6 is 0 Å². The molecule has 0 radical (unpaired) electrons. The number of ether oxygens (including phenoxy) is 1. The van der Waals surface area contributed by atoms with Gasteiger partial charge in [-0.2, -0.15) is 0 Å². The molecule has 4 aromatic rings. The third kappa shape index (κ3) is 4.58. The number of fused-ring (bicyclic) bond motifs is 1. The van der Waals surface area contributed by atoms with E-state index in [-0.39, 0.29) is 5.56 Å². The molecule has 0 aliphatic heterocycles. The number of carboxylic acids is 1. The molecule has 0 atom stereocenters. The maximum Gasteiger partial charge on any atom is 0.335 e. The highest BCUT2D eigenvalue weighted by atomic mass is 19.1. The fourth-order valence-electron chi connectivity index (χ4n) is 3.79. The molecule has 2 amide bonds. The summed E-state index contributed by atoms with van der Waals surface area (Å²) in [4.78, 5) is 41.2. The fourth-order valence-corrected chi connectivity index (χ4v) is 3.79. The van der Waals surface area contributed by atoms with Gasteiger partial charge < -0.3 is 20.5 Å². The quantitative estimate of drug-likeness (QED) is 0.309. The number of hydrogen-bond acceptors (Lipinski definition) is 5. The number of halogens is 1. The van der Waals surface area contributed by atoms with Crippen LogP contribution in [0.15, 0.2) is 79.0 Å². The van der Waals surface area contributed by atoms with E-state index in [9.17, 15) is 23.9 Å². The van der Waals surface area contributed by atoms with Gasteiger partial charge in [0, 0.05) is 23.0 Å². The Morgan fingerprint density at radius 2 is 1.47 bits per heavy atom. The van der Waals surface area contributed by atoms with Crippen molar-refractivity contribution in [1.82, 2.24) is 4.98 Å². The molecule has 36 heavy (non-hydrogen) atoms. The van der Waals surface area contributed by atoms with E-state index in [1.165, 1.54) is 36.4 Å². The molecule has 1 aliphatic carbocycles. The smallest absolute Gasteiger partial charge is 0.335 e. The van der Waals surface area contributed by atoms with Crippen molar-refractivity contribution in [2.75, 3.05) is 10.6 Å². The van der Waals surface area contributed by atoms with Crippen molar-refractivity contribution in [3.63, 3.8) is 0 Å². The monoisotopic (exact) mass is 485 g/mol. The fraction of sp³-hybridized carbons (Fsp3) is 0.111. The average molecular weight is 485 g/mol. The molecule has 1 aliphatic rings. The molecule has 9 heteroatoms. The minimum absolute atomic E-state index is 0.121. The molecule has 0 unspecified atom stereocenters. The second-order valence-corrected chi connectivity index (χ2v) is 8.47. The van der Waals surface area contributed by atoms with Gasteiger partial charge in [-0.1, -0.05) is 0 Å². The Bertz CT molecular complexity index is 1480. The van der Waals surface area contributed by atoms with Crippen LogP contribution in [0.5, 0.6) is 11.5 Å². The van der Waals surface area contributed by atoms with Crippen molar-refractivity contribution in [2.24, 2.45) is 5.41 Å². The Kier molecular flexibility index (Phi) is 5.81. The van der Waals surface area contributed by atoms with E-state index in [2.05, 4.69) is 15.6 Å². The van der Waals surface area contributed by atoms with Crippen LogP contribution in [0.25, 0.3) is 10.9 Å². The first-order chi connectivity index (χ1) is 17.3. The van der Waals surface area contributed by atoms with E-state index in [4.69, 9.17) is 4.74 Å². The zero-order chi connectivity index (χ0) is 25.3. The van der Waals surface area contributed by atoms with E-state index in [0.29, 0.717) is 46.6 Å². The molecule has 5 rings (SSSR count). The van der Waals surface area contributed by atoms with Crippen molar-refractivity contribution >= 4 is 40.1 Å². The molecule has 1 saturated carbocycles. The Labute approximate surface area is 204 Å². The lowest BCUT2D eigenvalue weighted by Gasteiger charge is -2.16. The number of aromatic carboxylic acids is 1. The first-order valence-corrected chi connectivity index (χ1v) is 11.1. The summed E-state index contributed by atoms with van der Waals surface area (Å²) in [5, 5.41) is 15.3. The van der Waals surface area contributed by atoms with E-state index in [0.717, 1.165) is 0 Å². The Morgan fingerprint density at radius 1 is 0.861 bits per heavy atom. The van der Waals surface area contributed by atoms with Gasteiger partial charge in [0.1, 0.15) is 22.7 Å². The molecule has 3 N–H and O–H groups in total. The standard InChI is InChI=1S/C27H20FN3O5/c28-17-2-4-18(5-3-17)30-25(34)27(12-13-27)26(35)31-19-6-8-20(9-7-19)36-23-11-14-29-22-10-1-16(24(32)33)15-21(22)23/h1-11,14-15H,12-13H2,(H,30,34)(H,31,35)(H,32,33). The van der Waals surface area contributed by atoms with Crippen molar-refractivity contribution in [3.8, 4) is 11.5 Å². The number of aromatic nitrogens is 1. The largest absolute Gasteiger partial charge is 0.478 e. The number of benzene rings is 3. The maximum absolute atomic E-state index is 13.1. The number of hydrogen-bond donors (Lipinski definition) is 3. The van der Waals surface area contributed by atoms with Crippen LogP contribution in [-0.4, -0.2) is 27.9 Å². The number of anilines is 2. The zero-order valence-corrected chi connectivity index (χ0v) is 18.8. The molecule has 1 heterocycles. The number of pyridine rings is 1. The molecule has 0 saturated heterocycles. The van der Waals surface area contributed by atoms with Gasteiger partial charge >= 0.3 is 5.97 Å². The van der Waals surface area contributed by atoms with E-state index >= 15 is 0 Å². The minimum atomic E-state index is -1.17. The highest BCUT2D eigenvalue weighted by Gasteiger charge is 2.56. The SMILES string of the molecule is O=C(O)c1ccc2nccc(Oc3ccc(NC(=O)C4(C(=O)Nc5ccc(F)cc5)CC4)cc3)c2c1. The highest BCUT2D eigenvalue weighted by molar-refractivity contribution is 6.16. The summed E-state index contributed by atoms with van der Waals surface area (Å²) in [6, 6.07) is 18.2. The maximum atomic E-state index is 13.1. The van der Waals surface area contributed by atoms with Gasteiger partial charge in [-0.3, -0.25) is 14.6 Å². The predicted molar refractivity (Wildman–Crippen MR) is 131 cm³/mol. The molecule has 8 nitrogen and oxygen atoms in total. The highest BCUT2D eigenvalue weighted by Crippen LogP contribution is 2.47. The first kappa shape index (κ1) is 23.0. The van der Waals surface area contributed by atoms with Crippen LogP contribution in [0.2, 0.25) is 0 Å². The van der Waals surface area contributed by atoms with Gasteiger partial charge in [-0.15, -0.1) is 0 Å². The van der Waals surface area contributed by atoms with E-state index < -0.39 is 29.0 Å². The van der Waals surface area contributed by atoms with Gasteiger partial charge in [0.2, 0.25) is 11.8 Å². The Hall–Kier alpha value is -4.79.